The fraction of sp³-hybridized carbons (Fsp3) is 0.750. The Labute approximate surface area is 67.8 Å². The molecule has 1 aliphatic rings. The molecule has 11 heavy (non-hydrogen) atoms. The minimum atomic E-state index is 0.595. The van der Waals surface area contributed by atoms with E-state index in [2.05, 4.69) is 11.5 Å². The zero-order valence-corrected chi connectivity index (χ0v) is 6.88. The van der Waals surface area contributed by atoms with E-state index in [1.54, 1.807) is 0 Å². The van der Waals surface area contributed by atoms with E-state index in [1.807, 2.05) is 0 Å². The fourth-order valence-electron chi connectivity index (χ4n) is 1.14. The largest absolute Gasteiger partial charge is 0.379 e. The van der Waals surface area contributed by atoms with E-state index in [-0.39, 0.29) is 0 Å². The van der Waals surface area contributed by atoms with E-state index >= 15 is 0 Å². The van der Waals surface area contributed by atoms with Crippen molar-refractivity contribution in [2.75, 3.05) is 39.4 Å². The molecule has 1 saturated heterocycles. The van der Waals surface area contributed by atoms with Crippen molar-refractivity contribution in [3.05, 3.63) is 12.2 Å². The van der Waals surface area contributed by atoms with Crippen molar-refractivity contribution in [3.8, 4) is 0 Å². The van der Waals surface area contributed by atoms with Crippen LogP contribution in [-0.2, 0) is 4.74 Å². The molecule has 0 spiro atoms. The molecule has 1 rings (SSSR count). The van der Waals surface area contributed by atoms with E-state index in [4.69, 9.17) is 10.5 Å². The lowest BCUT2D eigenvalue weighted by molar-refractivity contribution is 0.0422. The zero-order valence-electron chi connectivity index (χ0n) is 6.88. The van der Waals surface area contributed by atoms with Gasteiger partial charge in [0.25, 0.3) is 0 Å². The van der Waals surface area contributed by atoms with Gasteiger partial charge in [0.05, 0.1) is 13.2 Å². The Morgan fingerprint density at radius 3 is 2.64 bits per heavy atom. The average Bonchev–Trinajstić information content (AvgIpc) is 2.06. The Morgan fingerprint density at radius 2 is 2.09 bits per heavy atom. The summed E-state index contributed by atoms with van der Waals surface area (Å²) < 4.78 is 5.21. The Bertz CT molecular complexity index is 130. The van der Waals surface area contributed by atoms with Gasteiger partial charge >= 0.3 is 0 Å². The summed E-state index contributed by atoms with van der Waals surface area (Å²) in [5.41, 5.74) is 6.54. The van der Waals surface area contributed by atoms with E-state index in [0.717, 1.165) is 38.4 Å². The predicted octanol–water partition coefficient (Wildman–Crippen LogP) is -0.167. The third-order valence-corrected chi connectivity index (χ3v) is 1.84. The van der Waals surface area contributed by atoms with Crippen molar-refractivity contribution in [1.82, 2.24) is 4.90 Å². The van der Waals surface area contributed by atoms with Gasteiger partial charge in [-0.2, -0.15) is 0 Å². The van der Waals surface area contributed by atoms with Crippen LogP contribution in [0.1, 0.15) is 0 Å². The Kier molecular flexibility index (Phi) is 3.56. The van der Waals surface area contributed by atoms with E-state index in [0.29, 0.717) is 6.54 Å². The van der Waals surface area contributed by atoms with Gasteiger partial charge in [0.15, 0.2) is 0 Å². The third-order valence-electron chi connectivity index (χ3n) is 1.84. The van der Waals surface area contributed by atoms with Crippen molar-refractivity contribution < 1.29 is 4.74 Å². The molecule has 0 bridgehead atoms. The van der Waals surface area contributed by atoms with E-state index in [1.165, 1.54) is 0 Å². The second-order valence-electron chi connectivity index (χ2n) is 2.84. The molecule has 0 aliphatic carbocycles. The Hall–Kier alpha value is -0.380. The van der Waals surface area contributed by atoms with Crippen molar-refractivity contribution >= 4 is 0 Å². The maximum Gasteiger partial charge on any atom is 0.0594 e. The molecular weight excluding hydrogens is 140 g/mol. The number of morpholine rings is 1. The van der Waals surface area contributed by atoms with Crippen LogP contribution in [0.3, 0.4) is 0 Å². The van der Waals surface area contributed by atoms with Gasteiger partial charge in [-0.05, 0) is 5.57 Å². The molecule has 0 saturated carbocycles. The van der Waals surface area contributed by atoms with Crippen LogP contribution in [0.15, 0.2) is 12.2 Å². The van der Waals surface area contributed by atoms with Crippen molar-refractivity contribution in [2.45, 2.75) is 0 Å². The fourth-order valence-corrected chi connectivity index (χ4v) is 1.14. The molecular formula is C8H16N2O. The van der Waals surface area contributed by atoms with Gasteiger partial charge in [0.2, 0.25) is 0 Å². The summed E-state index contributed by atoms with van der Waals surface area (Å²) in [7, 11) is 0. The normalized spacial score (nSPS) is 20.1. The molecule has 1 aliphatic heterocycles. The quantitative estimate of drug-likeness (QED) is 0.577. The highest BCUT2D eigenvalue weighted by atomic mass is 16.5. The number of hydrogen-bond acceptors (Lipinski definition) is 3. The third kappa shape index (κ3) is 3.01. The Morgan fingerprint density at radius 1 is 1.45 bits per heavy atom. The van der Waals surface area contributed by atoms with Gasteiger partial charge in [0.1, 0.15) is 0 Å². The molecule has 64 valence electrons. The van der Waals surface area contributed by atoms with E-state index in [9.17, 15) is 0 Å². The highest BCUT2D eigenvalue weighted by molar-refractivity contribution is 4.98. The monoisotopic (exact) mass is 156 g/mol. The van der Waals surface area contributed by atoms with Gasteiger partial charge in [0, 0.05) is 26.2 Å². The smallest absolute Gasteiger partial charge is 0.0594 e. The minimum Gasteiger partial charge on any atom is -0.379 e. The molecule has 2 N–H and O–H groups in total. The van der Waals surface area contributed by atoms with Gasteiger partial charge in [-0.15, -0.1) is 0 Å². The molecule has 1 fully saturated rings. The number of nitrogens with two attached hydrogens (primary N) is 1. The molecule has 0 aromatic heterocycles. The second kappa shape index (κ2) is 4.49. The first-order valence-electron chi connectivity index (χ1n) is 3.99. The molecule has 0 amide bonds. The summed E-state index contributed by atoms with van der Waals surface area (Å²) in [6.45, 7) is 9.10. The van der Waals surface area contributed by atoms with Gasteiger partial charge in [-0.1, -0.05) is 6.58 Å². The number of hydrogen-bond donors (Lipinski definition) is 1. The summed E-state index contributed by atoms with van der Waals surface area (Å²) in [6.07, 6.45) is 0. The summed E-state index contributed by atoms with van der Waals surface area (Å²) >= 11 is 0. The van der Waals surface area contributed by atoms with Crippen LogP contribution in [0.4, 0.5) is 0 Å². The van der Waals surface area contributed by atoms with Gasteiger partial charge in [-0.25, -0.2) is 0 Å². The highest BCUT2D eigenvalue weighted by Crippen LogP contribution is 1.99. The molecule has 0 atom stereocenters. The SMILES string of the molecule is C=C(CN)CN1CCOCC1. The topological polar surface area (TPSA) is 38.5 Å². The lowest BCUT2D eigenvalue weighted by atomic mass is 10.2. The lowest BCUT2D eigenvalue weighted by Gasteiger charge is -2.26. The number of ether oxygens (including phenoxy) is 1. The highest BCUT2D eigenvalue weighted by Gasteiger charge is 2.09. The van der Waals surface area contributed by atoms with Crippen LogP contribution < -0.4 is 5.73 Å². The van der Waals surface area contributed by atoms with Crippen molar-refractivity contribution in [1.29, 1.82) is 0 Å². The minimum absolute atomic E-state index is 0.595. The molecule has 0 unspecified atom stereocenters. The second-order valence-corrected chi connectivity index (χ2v) is 2.84. The Balaban J connectivity index is 2.19. The van der Waals surface area contributed by atoms with Crippen molar-refractivity contribution in [3.63, 3.8) is 0 Å². The molecule has 3 heteroatoms. The van der Waals surface area contributed by atoms with Crippen molar-refractivity contribution in [2.24, 2.45) is 5.73 Å². The average molecular weight is 156 g/mol. The van der Waals surface area contributed by atoms with Crippen LogP contribution >= 0.6 is 0 Å². The number of rotatable bonds is 3. The maximum absolute atomic E-state index is 5.43. The summed E-state index contributed by atoms with van der Waals surface area (Å²) in [4.78, 5) is 2.32. The van der Waals surface area contributed by atoms with Gasteiger partial charge < -0.3 is 10.5 Å². The standard InChI is InChI=1S/C8H16N2O/c1-8(6-9)7-10-2-4-11-5-3-10/h1-7,9H2. The van der Waals surface area contributed by atoms with Crippen LogP contribution in [0.2, 0.25) is 0 Å². The van der Waals surface area contributed by atoms with Crippen LogP contribution in [0.5, 0.6) is 0 Å². The van der Waals surface area contributed by atoms with Crippen LogP contribution in [0.25, 0.3) is 0 Å². The predicted molar refractivity (Wildman–Crippen MR) is 45.5 cm³/mol. The zero-order chi connectivity index (χ0) is 8.10. The molecule has 0 radical (unpaired) electrons. The molecule has 1 heterocycles. The first-order valence-corrected chi connectivity index (χ1v) is 3.99. The summed E-state index contributed by atoms with van der Waals surface area (Å²) in [5, 5.41) is 0. The molecule has 0 aromatic carbocycles. The molecule has 0 aromatic rings. The first-order chi connectivity index (χ1) is 5.33. The summed E-state index contributed by atoms with van der Waals surface area (Å²) in [6, 6.07) is 0. The van der Waals surface area contributed by atoms with Gasteiger partial charge in [-0.3, -0.25) is 4.90 Å². The number of nitrogens with zero attached hydrogens (tertiary/aromatic N) is 1. The molecule has 3 nitrogen and oxygen atoms in total. The first kappa shape index (κ1) is 8.71. The van der Waals surface area contributed by atoms with E-state index < -0.39 is 0 Å². The summed E-state index contributed by atoms with van der Waals surface area (Å²) in [5.74, 6) is 0. The lowest BCUT2D eigenvalue weighted by Crippen LogP contribution is -2.38. The van der Waals surface area contributed by atoms with Crippen LogP contribution in [-0.4, -0.2) is 44.3 Å². The van der Waals surface area contributed by atoms with Crippen LogP contribution in [0, 0.1) is 0 Å². The maximum atomic E-state index is 5.43.